The molecule has 1 aromatic carbocycles. The van der Waals surface area contributed by atoms with Gasteiger partial charge in [-0.1, -0.05) is 50.6 Å². The molecule has 5 rings (SSSR count). The van der Waals surface area contributed by atoms with Crippen molar-refractivity contribution in [2.45, 2.75) is 85.2 Å². The predicted octanol–water partition coefficient (Wildman–Crippen LogP) is 6.53. The maximum atomic E-state index is 13.4. The lowest BCUT2D eigenvalue weighted by Gasteiger charge is -2.62. The molecule has 0 saturated heterocycles. The first-order valence-corrected chi connectivity index (χ1v) is 12.9. The van der Waals surface area contributed by atoms with Crippen LogP contribution in [0.5, 0.6) is 0 Å². The number of rotatable bonds is 3. The highest BCUT2D eigenvalue weighted by Gasteiger charge is 2.65. The van der Waals surface area contributed by atoms with Gasteiger partial charge in [-0.05, 0) is 85.2 Å². The van der Waals surface area contributed by atoms with Gasteiger partial charge < -0.3 is 10.1 Å². The lowest BCUT2D eigenvalue weighted by atomic mass is 9.42. The number of fused-ring (bicyclic) bond motifs is 5. The van der Waals surface area contributed by atoms with E-state index < -0.39 is 0 Å². The summed E-state index contributed by atoms with van der Waals surface area (Å²) in [5, 5.41) is 3.21. The third-order valence-corrected chi connectivity index (χ3v) is 10.6. The van der Waals surface area contributed by atoms with Gasteiger partial charge in [0.2, 0.25) is 5.91 Å². The number of hydrogen-bond acceptors (Lipinski definition) is 3. The SMILES string of the molecule is CC(=O)OC1CCC2(C)C(=CCC3C2CCC2(C)C(C(=O)Nc4ccccc4)CCC32C)C1. The van der Waals surface area contributed by atoms with Gasteiger partial charge in [0.1, 0.15) is 6.10 Å². The topological polar surface area (TPSA) is 55.4 Å². The molecule has 4 aliphatic rings. The van der Waals surface area contributed by atoms with E-state index in [4.69, 9.17) is 4.74 Å². The predicted molar refractivity (Wildman–Crippen MR) is 130 cm³/mol. The Hall–Kier alpha value is -2.10. The molecule has 1 amide bonds. The second-order valence-electron chi connectivity index (χ2n) is 11.9. The molecule has 3 fully saturated rings. The quantitative estimate of drug-likeness (QED) is 0.422. The number of hydrogen-bond donors (Lipinski definition) is 1. The van der Waals surface area contributed by atoms with E-state index in [0.717, 1.165) is 50.6 Å². The van der Waals surface area contributed by atoms with Crippen molar-refractivity contribution in [3.05, 3.63) is 42.0 Å². The van der Waals surface area contributed by atoms with Gasteiger partial charge in [0.15, 0.2) is 0 Å². The van der Waals surface area contributed by atoms with Crippen LogP contribution < -0.4 is 5.32 Å². The third-order valence-electron chi connectivity index (χ3n) is 10.6. The van der Waals surface area contributed by atoms with Gasteiger partial charge in [0.25, 0.3) is 0 Å². The van der Waals surface area contributed by atoms with Crippen LogP contribution >= 0.6 is 0 Å². The maximum Gasteiger partial charge on any atom is 0.302 e. The highest BCUT2D eigenvalue weighted by Crippen LogP contribution is 2.71. The van der Waals surface area contributed by atoms with Crippen LogP contribution in [0.3, 0.4) is 0 Å². The fraction of sp³-hybridized carbons (Fsp3) is 0.655. The molecule has 1 N–H and O–H groups in total. The number of anilines is 1. The summed E-state index contributed by atoms with van der Waals surface area (Å²) >= 11 is 0. The first kappa shape index (κ1) is 22.7. The smallest absolute Gasteiger partial charge is 0.302 e. The van der Waals surface area contributed by atoms with Crippen LogP contribution in [0, 0.1) is 34.0 Å². The maximum absolute atomic E-state index is 13.4. The minimum atomic E-state index is -0.162. The fourth-order valence-electron chi connectivity index (χ4n) is 8.52. The van der Waals surface area contributed by atoms with E-state index in [2.05, 4.69) is 32.2 Å². The molecule has 0 heterocycles. The zero-order chi connectivity index (χ0) is 23.4. The van der Waals surface area contributed by atoms with Crippen molar-refractivity contribution in [2.24, 2.45) is 34.0 Å². The molecule has 4 aliphatic carbocycles. The Morgan fingerprint density at radius 3 is 2.39 bits per heavy atom. The van der Waals surface area contributed by atoms with Crippen molar-refractivity contribution >= 4 is 17.6 Å². The van der Waals surface area contributed by atoms with Crippen molar-refractivity contribution in [3.63, 3.8) is 0 Å². The second kappa shape index (κ2) is 7.99. The van der Waals surface area contributed by atoms with E-state index >= 15 is 0 Å². The minimum absolute atomic E-state index is 0.0314. The van der Waals surface area contributed by atoms with E-state index in [1.165, 1.54) is 18.9 Å². The molecule has 33 heavy (non-hydrogen) atoms. The van der Waals surface area contributed by atoms with Gasteiger partial charge in [-0.25, -0.2) is 0 Å². The zero-order valence-electron chi connectivity index (χ0n) is 20.7. The van der Waals surface area contributed by atoms with E-state index in [0.29, 0.717) is 11.8 Å². The normalized spacial score (nSPS) is 41.8. The van der Waals surface area contributed by atoms with Crippen LogP contribution in [0.15, 0.2) is 42.0 Å². The lowest BCUT2D eigenvalue weighted by Crippen LogP contribution is -2.56. The number of benzene rings is 1. The molecule has 1 aromatic rings. The van der Waals surface area contributed by atoms with Crippen LogP contribution in [0.2, 0.25) is 0 Å². The van der Waals surface area contributed by atoms with Gasteiger partial charge in [0, 0.05) is 24.9 Å². The number of amides is 1. The van der Waals surface area contributed by atoms with Gasteiger partial charge >= 0.3 is 5.97 Å². The van der Waals surface area contributed by atoms with E-state index in [1.54, 1.807) is 0 Å². The number of nitrogens with one attached hydrogen (secondary N) is 1. The van der Waals surface area contributed by atoms with Crippen LogP contribution in [0.1, 0.15) is 79.1 Å². The molecular formula is C29H39NO3. The second-order valence-corrected chi connectivity index (χ2v) is 11.9. The number of ether oxygens (including phenoxy) is 1. The summed E-state index contributed by atoms with van der Waals surface area (Å²) in [5.41, 5.74) is 2.82. The molecule has 3 saturated carbocycles. The highest BCUT2D eigenvalue weighted by molar-refractivity contribution is 5.93. The molecule has 0 aromatic heterocycles. The van der Waals surface area contributed by atoms with Crippen LogP contribution in [0.4, 0.5) is 5.69 Å². The molecular weight excluding hydrogens is 410 g/mol. The lowest BCUT2D eigenvalue weighted by molar-refractivity contribution is -0.150. The van der Waals surface area contributed by atoms with Gasteiger partial charge in [-0.3, -0.25) is 9.59 Å². The largest absolute Gasteiger partial charge is 0.462 e. The van der Waals surface area contributed by atoms with Gasteiger partial charge in [-0.2, -0.15) is 0 Å². The number of para-hydroxylation sites is 1. The number of carbonyl (C=O) groups excluding carboxylic acids is 2. The first-order valence-electron chi connectivity index (χ1n) is 12.9. The number of esters is 1. The third kappa shape index (κ3) is 3.47. The van der Waals surface area contributed by atoms with E-state index in [1.807, 2.05) is 30.3 Å². The van der Waals surface area contributed by atoms with Crippen molar-refractivity contribution in [1.82, 2.24) is 0 Å². The summed E-state index contributed by atoms with van der Waals surface area (Å²) in [7, 11) is 0. The summed E-state index contributed by atoms with van der Waals surface area (Å²) in [6.07, 6.45) is 11.0. The molecule has 0 bridgehead atoms. The summed E-state index contributed by atoms with van der Waals surface area (Å²) in [5.74, 6) is 1.38. The van der Waals surface area contributed by atoms with Crippen molar-refractivity contribution in [2.75, 3.05) is 5.32 Å². The Labute approximate surface area is 198 Å². The number of carbonyl (C=O) groups is 2. The van der Waals surface area contributed by atoms with Gasteiger partial charge in [-0.15, -0.1) is 0 Å². The Morgan fingerprint density at radius 2 is 1.67 bits per heavy atom. The summed E-state index contributed by atoms with van der Waals surface area (Å²) in [6, 6.07) is 9.89. The van der Waals surface area contributed by atoms with Crippen LogP contribution in [0.25, 0.3) is 0 Å². The highest BCUT2D eigenvalue weighted by atomic mass is 16.5. The standard InChI is InChI=1S/C29H39NO3/c1-19(31)33-22-12-15-27(2)20(18-22)10-11-24-23(27)13-16-29(4)25(14-17-28(24,29)3)26(32)30-21-8-6-5-7-9-21/h5-10,22-25H,11-18H2,1-4H3,(H,30,32). The summed E-state index contributed by atoms with van der Waals surface area (Å²) < 4.78 is 5.59. The van der Waals surface area contributed by atoms with E-state index in [9.17, 15) is 9.59 Å². The van der Waals surface area contributed by atoms with Gasteiger partial charge in [0.05, 0.1) is 0 Å². The molecule has 7 atom stereocenters. The molecule has 7 unspecified atom stereocenters. The van der Waals surface area contributed by atoms with Crippen molar-refractivity contribution in [3.8, 4) is 0 Å². The van der Waals surface area contributed by atoms with Crippen LogP contribution in [-0.2, 0) is 14.3 Å². The average molecular weight is 450 g/mol. The monoisotopic (exact) mass is 449 g/mol. The Balaban J connectivity index is 1.38. The Bertz CT molecular complexity index is 970. The average Bonchev–Trinajstić information content (AvgIpc) is 3.06. The molecule has 4 heteroatoms. The molecule has 4 nitrogen and oxygen atoms in total. The zero-order valence-corrected chi connectivity index (χ0v) is 20.7. The Morgan fingerprint density at radius 1 is 0.939 bits per heavy atom. The van der Waals surface area contributed by atoms with E-state index in [-0.39, 0.29) is 40.1 Å². The number of allylic oxidation sites excluding steroid dienone is 1. The molecule has 0 radical (unpaired) electrons. The minimum Gasteiger partial charge on any atom is -0.462 e. The summed E-state index contributed by atoms with van der Waals surface area (Å²) in [4.78, 5) is 24.9. The Kier molecular flexibility index (Phi) is 5.49. The molecule has 0 aliphatic heterocycles. The first-order chi connectivity index (χ1) is 15.7. The van der Waals surface area contributed by atoms with Crippen LogP contribution in [-0.4, -0.2) is 18.0 Å². The van der Waals surface area contributed by atoms with Crippen molar-refractivity contribution in [1.29, 1.82) is 0 Å². The molecule has 0 spiro atoms. The fourth-order valence-corrected chi connectivity index (χ4v) is 8.52. The van der Waals surface area contributed by atoms with Crippen molar-refractivity contribution < 1.29 is 14.3 Å². The summed E-state index contributed by atoms with van der Waals surface area (Å²) in [6.45, 7) is 8.89. The molecule has 178 valence electrons.